The Hall–Kier alpha value is -1.39. The Bertz CT molecular complexity index is 580. The Morgan fingerprint density at radius 2 is 2.00 bits per heavy atom. The first-order chi connectivity index (χ1) is 11.3. The van der Waals surface area contributed by atoms with Crippen LogP contribution in [0, 0.1) is 5.41 Å². The fraction of sp³-hybridized carbons (Fsp3) is 0.632. The van der Waals surface area contributed by atoms with Crippen molar-refractivity contribution in [3.63, 3.8) is 0 Å². The van der Waals surface area contributed by atoms with Crippen molar-refractivity contribution in [2.45, 2.75) is 44.8 Å². The van der Waals surface area contributed by atoms with Gasteiger partial charge in [-0.15, -0.1) is 0 Å². The predicted octanol–water partition coefficient (Wildman–Crippen LogP) is 2.12. The number of benzene rings is 1. The van der Waals surface area contributed by atoms with Crippen molar-refractivity contribution >= 4 is 5.97 Å². The third kappa shape index (κ3) is 3.02. The summed E-state index contributed by atoms with van der Waals surface area (Å²) in [7, 11) is 0. The molecule has 3 heterocycles. The number of carbonyl (C=O) groups is 1. The zero-order valence-electron chi connectivity index (χ0n) is 13.7. The molecule has 0 aliphatic carbocycles. The van der Waals surface area contributed by atoms with Gasteiger partial charge in [0.25, 0.3) is 0 Å². The van der Waals surface area contributed by atoms with Crippen molar-refractivity contribution < 1.29 is 9.53 Å². The molecule has 0 aromatic heterocycles. The van der Waals surface area contributed by atoms with Crippen molar-refractivity contribution in [1.82, 2.24) is 10.2 Å². The highest BCUT2D eigenvalue weighted by Gasteiger charge is 2.49. The third-order valence-electron chi connectivity index (χ3n) is 5.86. The summed E-state index contributed by atoms with van der Waals surface area (Å²) in [6.45, 7) is 5.08. The number of fused-ring (bicyclic) bond motifs is 1. The fourth-order valence-electron chi connectivity index (χ4n) is 4.38. The van der Waals surface area contributed by atoms with E-state index >= 15 is 0 Å². The van der Waals surface area contributed by atoms with Crippen LogP contribution in [0.25, 0.3) is 0 Å². The maximum absolute atomic E-state index is 12.3. The van der Waals surface area contributed by atoms with Crippen LogP contribution in [0.4, 0.5) is 0 Å². The molecule has 1 spiro atoms. The molecule has 4 heteroatoms. The summed E-state index contributed by atoms with van der Waals surface area (Å²) in [6, 6.07) is 8.74. The van der Waals surface area contributed by atoms with Crippen LogP contribution in [-0.4, -0.2) is 43.2 Å². The second kappa shape index (κ2) is 6.25. The molecular formula is C19H26N2O2. The minimum absolute atomic E-state index is 0.0630. The summed E-state index contributed by atoms with van der Waals surface area (Å²) in [4.78, 5) is 14.8. The Balaban J connectivity index is 1.31. The Labute approximate surface area is 138 Å². The van der Waals surface area contributed by atoms with Crippen molar-refractivity contribution in [2.24, 2.45) is 5.41 Å². The van der Waals surface area contributed by atoms with E-state index in [2.05, 4.69) is 34.5 Å². The number of carbonyl (C=O) groups excluding carboxylic acids is 1. The van der Waals surface area contributed by atoms with Crippen LogP contribution >= 0.6 is 0 Å². The number of ether oxygens (including phenoxy) is 1. The molecule has 2 saturated heterocycles. The molecular weight excluding hydrogens is 288 g/mol. The summed E-state index contributed by atoms with van der Waals surface area (Å²) in [5.74, 6) is 0.0630. The van der Waals surface area contributed by atoms with Gasteiger partial charge in [0.1, 0.15) is 6.10 Å². The molecule has 1 aromatic carbocycles. The van der Waals surface area contributed by atoms with E-state index in [1.807, 2.05) is 0 Å². The first kappa shape index (κ1) is 15.2. The predicted molar refractivity (Wildman–Crippen MR) is 89.1 cm³/mol. The summed E-state index contributed by atoms with van der Waals surface area (Å²) >= 11 is 0. The molecule has 0 unspecified atom stereocenters. The van der Waals surface area contributed by atoms with Crippen molar-refractivity contribution in [1.29, 1.82) is 0 Å². The van der Waals surface area contributed by atoms with Gasteiger partial charge in [0.2, 0.25) is 0 Å². The van der Waals surface area contributed by atoms with E-state index in [0.29, 0.717) is 0 Å². The normalized spacial score (nSPS) is 27.0. The molecule has 0 radical (unpaired) electrons. The summed E-state index contributed by atoms with van der Waals surface area (Å²) in [5.41, 5.74) is 2.77. The molecule has 124 valence electrons. The maximum atomic E-state index is 12.3. The van der Waals surface area contributed by atoms with Gasteiger partial charge < -0.3 is 10.1 Å². The van der Waals surface area contributed by atoms with Crippen molar-refractivity contribution in [3.05, 3.63) is 35.4 Å². The number of esters is 1. The Kier molecular flexibility index (Phi) is 4.12. The summed E-state index contributed by atoms with van der Waals surface area (Å²) in [6.07, 6.45) is 5.05. The Morgan fingerprint density at radius 3 is 2.83 bits per heavy atom. The van der Waals surface area contributed by atoms with Crippen LogP contribution in [-0.2, 0) is 22.5 Å². The van der Waals surface area contributed by atoms with Gasteiger partial charge in [-0.2, -0.15) is 0 Å². The van der Waals surface area contributed by atoms with Gasteiger partial charge in [-0.1, -0.05) is 24.3 Å². The average molecular weight is 314 g/mol. The van der Waals surface area contributed by atoms with Crippen LogP contribution in [0.15, 0.2) is 24.3 Å². The van der Waals surface area contributed by atoms with Crippen molar-refractivity contribution in [2.75, 3.05) is 26.2 Å². The third-order valence-corrected chi connectivity index (χ3v) is 5.86. The topological polar surface area (TPSA) is 41.6 Å². The van der Waals surface area contributed by atoms with E-state index < -0.39 is 0 Å². The van der Waals surface area contributed by atoms with Gasteiger partial charge in [0, 0.05) is 26.1 Å². The van der Waals surface area contributed by atoms with E-state index in [1.165, 1.54) is 11.1 Å². The number of piperidine rings is 1. The molecule has 0 saturated carbocycles. The van der Waals surface area contributed by atoms with Crippen molar-refractivity contribution in [3.8, 4) is 0 Å². The van der Waals surface area contributed by atoms with Gasteiger partial charge in [-0.05, 0) is 49.9 Å². The fourth-order valence-corrected chi connectivity index (χ4v) is 4.38. The van der Waals surface area contributed by atoms with Gasteiger partial charge in [0.15, 0.2) is 0 Å². The highest BCUT2D eigenvalue weighted by molar-refractivity contribution is 5.79. The lowest BCUT2D eigenvalue weighted by Gasteiger charge is -2.30. The number of hydrogen-bond donors (Lipinski definition) is 1. The van der Waals surface area contributed by atoms with Gasteiger partial charge in [0.05, 0.1) is 5.41 Å². The summed E-state index contributed by atoms with van der Waals surface area (Å²) < 4.78 is 5.72. The second-order valence-corrected chi connectivity index (χ2v) is 7.35. The molecule has 0 amide bonds. The number of hydrogen-bond acceptors (Lipinski definition) is 4. The molecule has 1 atom stereocenters. The van der Waals surface area contributed by atoms with E-state index in [1.54, 1.807) is 0 Å². The van der Waals surface area contributed by atoms with Crippen LogP contribution in [0.3, 0.4) is 0 Å². The van der Waals surface area contributed by atoms with E-state index in [4.69, 9.17) is 4.74 Å². The standard InChI is InChI=1S/C19H26N2O2/c22-18-19(7-9-20-10-8-19)13-17(23-18)6-12-21-11-5-15-3-1-2-4-16(15)14-21/h1-4,17,20H,5-14H2/t17-/m1/s1. The van der Waals surface area contributed by atoms with Crippen LogP contribution < -0.4 is 5.32 Å². The highest BCUT2D eigenvalue weighted by atomic mass is 16.6. The first-order valence-corrected chi connectivity index (χ1v) is 8.96. The minimum atomic E-state index is -0.176. The molecule has 2 fully saturated rings. The number of nitrogens with one attached hydrogen (secondary N) is 1. The maximum Gasteiger partial charge on any atom is 0.312 e. The SMILES string of the molecule is O=C1O[C@H](CCN2CCc3ccccc3C2)CC12CCNCC2. The van der Waals surface area contributed by atoms with Gasteiger partial charge >= 0.3 is 5.97 Å². The number of nitrogens with zero attached hydrogens (tertiary/aromatic N) is 1. The lowest BCUT2D eigenvalue weighted by atomic mass is 9.76. The minimum Gasteiger partial charge on any atom is -0.462 e. The Morgan fingerprint density at radius 1 is 1.22 bits per heavy atom. The molecule has 0 bridgehead atoms. The van der Waals surface area contributed by atoms with E-state index in [0.717, 1.165) is 64.8 Å². The largest absolute Gasteiger partial charge is 0.462 e. The van der Waals surface area contributed by atoms with Crippen LogP contribution in [0.2, 0.25) is 0 Å². The molecule has 4 nitrogen and oxygen atoms in total. The first-order valence-electron chi connectivity index (χ1n) is 8.96. The lowest BCUT2D eigenvalue weighted by molar-refractivity contribution is -0.150. The highest BCUT2D eigenvalue weighted by Crippen LogP contribution is 2.42. The van der Waals surface area contributed by atoms with Gasteiger partial charge in [-0.3, -0.25) is 9.69 Å². The molecule has 1 aromatic rings. The monoisotopic (exact) mass is 314 g/mol. The molecule has 1 N–H and O–H groups in total. The smallest absolute Gasteiger partial charge is 0.312 e. The second-order valence-electron chi connectivity index (χ2n) is 7.35. The molecule has 3 aliphatic heterocycles. The zero-order chi connectivity index (χ0) is 15.7. The molecule has 4 rings (SSSR count). The molecule has 23 heavy (non-hydrogen) atoms. The van der Waals surface area contributed by atoms with Crippen LogP contribution in [0.1, 0.15) is 36.8 Å². The average Bonchev–Trinajstić information content (AvgIpc) is 2.89. The molecule has 3 aliphatic rings. The van der Waals surface area contributed by atoms with Crippen LogP contribution in [0.5, 0.6) is 0 Å². The van der Waals surface area contributed by atoms with E-state index in [-0.39, 0.29) is 17.5 Å². The van der Waals surface area contributed by atoms with E-state index in [9.17, 15) is 4.79 Å². The number of cyclic esters (lactones) is 1. The quantitative estimate of drug-likeness (QED) is 0.868. The van der Waals surface area contributed by atoms with Gasteiger partial charge in [-0.25, -0.2) is 0 Å². The lowest BCUT2D eigenvalue weighted by Crippen LogP contribution is -2.39. The number of rotatable bonds is 3. The summed E-state index contributed by atoms with van der Waals surface area (Å²) in [5, 5.41) is 3.35. The zero-order valence-corrected chi connectivity index (χ0v) is 13.7.